The molecule has 0 aliphatic carbocycles. The third-order valence-corrected chi connectivity index (χ3v) is 19.9. The van der Waals surface area contributed by atoms with Gasteiger partial charge >= 0.3 is 0 Å². The number of rotatable bonds is 17. The first kappa shape index (κ1) is 30.4. The maximum absolute atomic E-state index is 6.69. The number of unbranched alkanes of at least 4 members (excludes halogenated alkanes) is 5. The van der Waals surface area contributed by atoms with Crippen molar-refractivity contribution in [2.45, 2.75) is 155 Å². The van der Waals surface area contributed by atoms with Crippen molar-refractivity contribution < 1.29 is 8.85 Å². The normalized spacial score (nSPS) is 13.8. The van der Waals surface area contributed by atoms with Gasteiger partial charge in [0.05, 0.1) is 0 Å². The van der Waals surface area contributed by atoms with Crippen LogP contribution in [0.2, 0.25) is 33.2 Å². The lowest BCUT2D eigenvalue weighted by Crippen LogP contribution is -2.48. The second-order valence-electron chi connectivity index (χ2n) is 11.5. The standard InChI is InChI=1S/C26H58O2Si2/c1-21(2)29(22(3)4,23(5)6)27-19-17-15-13-14-16-18-20-28-30(24(7)8,25(9)10)26(11)12/h21-26H,13-20H2,1-12H3. The lowest BCUT2D eigenvalue weighted by atomic mass is 10.1. The monoisotopic (exact) mass is 458 g/mol. The molecule has 0 heterocycles. The Labute approximate surface area is 193 Å². The molecule has 0 N–H and O–H groups in total. The maximum atomic E-state index is 6.69. The topological polar surface area (TPSA) is 18.5 Å². The Morgan fingerprint density at radius 3 is 0.767 bits per heavy atom. The van der Waals surface area contributed by atoms with Crippen LogP contribution in [0.5, 0.6) is 0 Å². The van der Waals surface area contributed by atoms with Crippen molar-refractivity contribution in [2.24, 2.45) is 0 Å². The Bertz CT molecular complexity index is 347. The molecule has 0 aromatic rings. The molecule has 0 saturated heterocycles. The highest BCUT2D eigenvalue weighted by atomic mass is 28.4. The third kappa shape index (κ3) is 8.04. The first-order valence-corrected chi connectivity index (χ1v) is 17.4. The van der Waals surface area contributed by atoms with Crippen LogP contribution in [0.15, 0.2) is 0 Å². The van der Waals surface area contributed by atoms with Crippen LogP contribution in [0.25, 0.3) is 0 Å². The SMILES string of the molecule is CC(C)[Si](OCCCCCCCCO[Si](C(C)C)(C(C)C)C(C)C)(C(C)C)C(C)C. The van der Waals surface area contributed by atoms with Gasteiger partial charge < -0.3 is 8.85 Å². The van der Waals surface area contributed by atoms with Gasteiger partial charge in [-0.3, -0.25) is 0 Å². The molecule has 0 bridgehead atoms. The molecule has 30 heavy (non-hydrogen) atoms. The quantitative estimate of drug-likeness (QED) is 0.159. The molecule has 4 heteroatoms. The predicted molar refractivity (Wildman–Crippen MR) is 142 cm³/mol. The van der Waals surface area contributed by atoms with Crippen molar-refractivity contribution >= 4 is 16.6 Å². The van der Waals surface area contributed by atoms with E-state index in [4.69, 9.17) is 8.85 Å². The number of hydrogen-bond acceptors (Lipinski definition) is 2. The van der Waals surface area contributed by atoms with E-state index in [1.807, 2.05) is 0 Å². The minimum atomic E-state index is -1.67. The van der Waals surface area contributed by atoms with E-state index >= 15 is 0 Å². The molecule has 0 spiro atoms. The van der Waals surface area contributed by atoms with E-state index in [0.717, 1.165) is 13.2 Å². The molecule has 0 unspecified atom stereocenters. The van der Waals surface area contributed by atoms with Crippen LogP contribution in [-0.4, -0.2) is 29.8 Å². The average molecular weight is 459 g/mol. The predicted octanol–water partition coefficient (Wildman–Crippen LogP) is 9.71. The molecule has 0 aromatic heterocycles. The van der Waals surface area contributed by atoms with E-state index in [1.54, 1.807) is 0 Å². The molecule has 0 radical (unpaired) electrons. The molecule has 182 valence electrons. The lowest BCUT2D eigenvalue weighted by Gasteiger charge is -2.42. The van der Waals surface area contributed by atoms with Gasteiger partial charge in [0.1, 0.15) is 0 Å². The maximum Gasteiger partial charge on any atom is 0.200 e. The van der Waals surface area contributed by atoms with Gasteiger partial charge in [0.25, 0.3) is 0 Å². The smallest absolute Gasteiger partial charge is 0.200 e. The van der Waals surface area contributed by atoms with Gasteiger partial charge in [-0.25, -0.2) is 0 Å². The van der Waals surface area contributed by atoms with Crippen LogP contribution < -0.4 is 0 Å². The highest BCUT2D eigenvalue weighted by molar-refractivity contribution is 6.78. The van der Waals surface area contributed by atoms with Crippen LogP contribution in [0.4, 0.5) is 0 Å². The summed E-state index contributed by atoms with van der Waals surface area (Å²) in [5.74, 6) is 0. The van der Waals surface area contributed by atoms with E-state index in [9.17, 15) is 0 Å². The summed E-state index contributed by atoms with van der Waals surface area (Å²) in [4.78, 5) is 0. The molecule has 0 amide bonds. The van der Waals surface area contributed by atoms with Crippen LogP contribution in [-0.2, 0) is 8.85 Å². The van der Waals surface area contributed by atoms with E-state index in [0.29, 0.717) is 33.2 Å². The molecular formula is C26H58O2Si2. The van der Waals surface area contributed by atoms with E-state index in [1.165, 1.54) is 38.5 Å². The fraction of sp³-hybridized carbons (Fsp3) is 1.00. The molecule has 0 aliphatic heterocycles. The van der Waals surface area contributed by atoms with Gasteiger partial charge in [0.2, 0.25) is 0 Å². The summed E-state index contributed by atoms with van der Waals surface area (Å²) >= 11 is 0. The van der Waals surface area contributed by atoms with Gasteiger partial charge in [-0.2, -0.15) is 0 Å². The Kier molecular flexibility index (Phi) is 14.7. The zero-order valence-corrected chi connectivity index (χ0v) is 24.9. The Morgan fingerprint density at radius 1 is 0.367 bits per heavy atom. The minimum Gasteiger partial charge on any atom is -0.416 e. The zero-order valence-electron chi connectivity index (χ0n) is 22.9. The lowest BCUT2D eigenvalue weighted by molar-refractivity contribution is 0.262. The van der Waals surface area contributed by atoms with E-state index < -0.39 is 16.6 Å². The summed E-state index contributed by atoms with van der Waals surface area (Å²) < 4.78 is 13.4. The number of hydrogen-bond donors (Lipinski definition) is 0. The summed E-state index contributed by atoms with van der Waals surface area (Å²) in [6.45, 7) is 30.5. The average Bonchev–Trinajstić information content (AvgIpc) is 2.60. The Balaban J connectivity index is 4.17. The van der Waals surface area contributed by atoms with Crippen molar-refractivity contribution in [3.63, 3.8) is 0 Å². The molecule has 0 atom stereocenters. The second-order valence-corrected chi connectivity index (χ2v) is 22.4. The molecule has 0 aromatic carbocycles. The molecular weight excluding hydrogens is 400 g/mol. The minimum absolute atomic E-state index is 0.690. The highest BCUT2D eigenvalue weighted by Crippen LogP contribution is 2.43. The van der Waals surface area contributed by atoms with Crippen LogP contribution in [0.3, 0.4) is 0 Å². The molecule has 0 rings (SSSR count). The van der Waals surface area contributed by atoms with Gasteiger partial charge in [-0.05, 0) is 46.1 Å². The summed E-state index contributed by atoms with van der Waals surface area (Å²) in [6.07, 6.45) is 7.74. The first-order chi connectivity index (χ1) is 13.9. The highest BCUT2D eigenvalue weighted by Gasteiger charge is 2.45. The summed E-state index contributed by atoms with van der Waals surface area (Å²) in [5, 5.41) is 0. The summed E-state index contributed by atoms with van der Waals surface area (Å²) in [6, 6.07) is 0. The third-order valence-electron chi connectivity index (χ3n) is 7.66. The molecule has 2 nitrogen and oxygen atoms in total. The first-order valence-electron chi connectivity index (χ1n) is 13.1. The Hall–Kier alpha value is 0.354. The zero-order chi connectivity index (χ0) is 23.5. The second kappa shape index (κ2) is 14.5. The van der Waals surface area contributed by atoms with Crippen molar-refractivity contribution in [1.82, 2.24) is 0 Å². The summed E-state index contributed by atoms with van der Waals surface area (Å²) in [7, 11) is -3.34. The van der Waals surface area contributed by atoms with Crippen LogP contribution in [0, 0.1) is 0 Å². The fourth-order valence-electron chi connectivity index (χ4n) is 6.41. The fourth-order valence-corrected chi connectivity index (χ4v) is 17.4. The van der Waals surface area contributed by atoms with Gasteiger partial charge in [-0.1, -0.05) is 109 Å². The van der Waals surface area contributed by atoms with Crippen LogP contribution in [0.1, 0.15) is 122 Å². The van der Waals surface area contributed by atoms with Crippen molar-refractivity contribution in [3.05, 3.63) is 0 Å². The molecule has 0 saturated carbocycles. The van der Waals surface area contributed by atoms with Crippen molar-refractivity contribution in [2.75, 3.05) is 13.2 Å². The van der Waals surface area contributed by atoms with E-state index in [2.05, 4.69) is 83.1 Å². The van der Waals surface area contributed by atoms with Crippen LogP contribution >= 0.6 is 0 Å². The van der Waals surface area contributed by atoms with Crippen molar-refractivity contribution in [3.8, 4) is 0 Å². The molecule has 0 aliphatic rings. The van der Waals surface area contributed by atoms with Gasteiger partial charge in [0, 0.05) is 13.2 Å². The molecule has 0 fully saturated rings. The van der Waals surface area contributed by atoms with Gasteiger partial charge in [0.15, 0.2) is 16.6 Å². The van der Waals surface area contributed by atoms with Gasteiger partial charge in [-0.15, -0.1) is 0 Å². The van der Waals surface area contributed by atoms with Crippen molar-refractivity contribution in [1.29, 1.82) is 0 Å². The van der Waals surface area contributed by atoms with E-state index in [-0.39, 0.29) is 0 Å². The summed E-state index contributed by atoms with van der Waals surface area (Å²) in [5.41, 5.74) is 4.14. The Morgan fingerprint density at radius 2 is 0.567 bits per heavy atom. The largest absolute Gasteiger partial charge is 0.416 e.